The van der Waals surface area contributed by atoms with Gasteiger partial charge in [0.15, 0.2) is 11.5 Å². The van der Waals surface area contributed by atoms with Crippen molar-refractivity contribution in [2.45, 2.75) is 4.90 Å². The second-order valence-corrected chi connectivity index (χ2v) is 6.55. The molecule has 1 aliphatic rings. The zero-order valence-corrected chi connectivity index (χ0v) is 14.7. The molecule has 24 heavy (non-hydrogen) atoms. The molecular weight excluding hydrogens is 326 g/mol. The van der Waals surface area contributed by atoms with Crippen molar-refractivity contribution in [3.05, 3.63) is 30.3 Å². The Balaban J connectivity index is 1.72. The number of fused-ring (bicyclic) bond motifs is 1. The molecule has 128 valence electrons. The van der Waals surface area contributed by atoms with Gasteiger partial charge in [-0.05, 0) is 35.0 Å². The number of thioether (sulfide) groups is 1. The van der Waals surface area contributed by atoms with Crippen LogP contribution in [0.25, 0.3) is 10.8 Å². The Hall–Kier alpha value is -1.92. The highest BCUT2D eigenvalue weighted by Gasteiger charge is 2.16. The number of morpholine rings is 1. The molecule has 0 atom stereocenters. The lowest BCUT2D eigenvalue weighted by Gasteiger charge is -2.26. The van der Waals surface area contributed by atoms with Crippen molar-refractivity contribution < 1.29 is 19.0 Å². The number of benzene rings is 2. The van der Waals surface area contributed by atoms with Crippen molar-refractivity contribution in [3.63, 3.8) is 0 Å². The van der Waals surface area contributed by atoms with Gasteiger partial charge < -0.3 is 19.1 Å². The maximum Gasteiger partial charge on any atom is 0.233 e. The van der Waals surface area contributed by atoms with Gasteiger partial charge in [-0.25, -0.2) is 0 Å². The maximum atomic E-state index is 12.2. The summed E-state index contributed by atoms with van der Waals surface area (Å²) in [4.78, 5) is 15.2. The minimum Gasteiger partial charge on any atom is -0.493 e. The summed E-state index contributed by atoms with van der Waals surface area (Å²) in [5.74, 6) is 2.03. The van der Waals surface area contributed by atoms with Crippen molar-refractivity contribution in [3.8, 4) is 11.5 Å². The molecule has 6 heteroatoms. The molecule has 1 saturated heterocycles. The highest BCUT2D eigenvalue weighted by atomic mass is 32.2. The van der Waals surface area contributed by atoms with Gasteiger partial charge in [-0.1, -0.05) is 6.07 Å². The Kier molecular flexibility index (Phi) is 5.48. The van der Waals surface area contributed by atoms with E-state index in [0.717, 1.165) is 15.7 Å². The van der Waals surface area contributed by atoms with E-state index in [0.29, 0.717) is 43.6 Å². The second-order valence-electron chi connectivity index (χ2n) is 5.50. The van der Waals surface area contributed by atoms with E-state index in [-0.39, 0.29) is 5.91 Å². The van der Waals surface area contributed by atoms with Gasteiger partial charge >= 0.3 is 0 Å². The standard InChI is InChI=1S/C18H21NO4S/c1-21-16-10-13-3-4-15(9-14(13)11-17(16)22-2)24-12-18(20)19-5-7-23-8-6-19/h3-4,9-11H,5-8,12H2,1-2H3. The Bertz CT molecular complexity index is 728. The second kappa shape index (κ2) is 7.77. The summed E-state index contributed by atoms with van der Waals surface area (Å²) in [6.45, 7) is 2.64. The van der Waals surface area contributed by atoms with Crippen molar-refractivity contribution in [1.29, 1.82) is 0 Å². The number of hydrogen-bond acceptors (Lipinski definition) is 5. The number of carbonyl (C=O) groups excluding carboxylic acids is 1. The highest BCUT2D eigenvalue weighted by molar-refractivity contribution is 8.00. The fourth-order valence-corrected chi connectivity index (χ4v) is 3.54. The number of methoxy groups -OCH3 is 2. The average Bonchev–Trinajstić information content (AvgIpc) is 2.65. The molecule has 0 aliphatic carbocycles. The van der Waals surface area contributed by atoms with Crippen LogP contribution in [-0.2, 0) is 9.53 Å². The molecule has 1 heterocycles. The summed E-state index contributed by atoms with van der Waals surface area (Å²) < 4.78 is 16.0. The van der Waals surface area contributed by atoms with Gasteiger partial charge in [0.25, 0.3) is 0 Å². The van der Waals surface area contributed by atoms with Crippen LogP contribution >= 0.6 is 11.8 Å². The minimum absolute atomic E-state index is 0.163. The molecular formula is C18H21NO4S. The normalized spacial score (nSPS) is 14.7. The number of amides is 1. The molecule has 0 N–H and O–H groups in total. The molecule has 0 spiro atoms. The van der Waals surface area contributed by atoms with Gasteiger partial charge in [-0.3, -0.25) is 4.79 Å². The number of ether oxygens (including phenoxy) is 3. The van der Waals surface area contributed by atoms with Crippen LogP contribution in [-0.4, -0.2) is 57.1 Å². The largest absolute Gasteiger partial charge is 0.493 e. The lowest BCUT2D eigenvalue weighted by Crippen LogP contribution is -2.41. The van der Waals surface area contributed by atoms with Crippen molar-refractivity contribution >= 4 is 28.4 Å². The fourth-order valence-electron chi connectivity index (χ4n) is 2.69. The first-order chi connectivity index (χ1) is 11.7. The fraction of sp³-hybridized carbons (Fsp3) is 0.389. The van der Waals surface area contributed by atoms with Gasteiger partial charge in [-0.2, -0.15) is 0 Å². The molecule has 0 bridgehead atoms. The van der Waals surface area contributed by atoms with E-state index in [9.17, 15) is 4.79 Å². The summed E-state index contributed by atoms with van der Waals surface area (Å²) in [7, 11) is 3.26. The van der Waals surface area contributed by atoms with Crippen LogP contribution in [0.5, 0.6) is 11.5 Å². The summed E-state index contributed by atoms with van der Waals surface area (Å²) >= 11 is 1.56. The zero-order chi connectivity index (χ0) is 16.9. The van der Waals surface area contributed by atoms with Crippen molar-refractivity contribution in [2.75, 3.05) is 46.3 Å². The Morgan fingerprint density at radius 3 is 2.42 bits per heavy atom. The van der Waals surface area contributed by atoms with E-state index in [2.05, 4.69) is 6.07 Å². The predicted octanol–water partition coefficient (Wildman–Crippen LogP) is 2.81. The third kappa shape index (κ3) is 3.76. The van der Waals surface area contributed by atoms with Crippen LogP contribution in [0.3, 0.4) is 0 Å². The molecule has 3 rings (SSSR count). The lowest BCUT2D eigenvalue weighted by molar-refractivity contribution is -0.132. The lowest BCUT2D eigenvalue weighted by atomic mass is 10.1. The van der Waals surface area contributed by atoms with E-state index in [4.69, 9.17) is 14.2 Å². The summed E-state index contributed by atoms with van der Waals surface area (Å²) in [6, 6.07) is 10.1. The minimum atomic E-state index is 0.163. The van der Waals surface area contributed by atoms with Crippen LogP contribution in [0.2, 0.25) is 0 Å². The summed E-state index contributed by atoms with van der Waals surface area (Å²) in [5.41, 5.74) is 0. The first-order valence-corrected chi connectivity index (χ1v) is 8.84. The number of hydrogen-bond donors (Lipinski definition) is 0. The van der Waals surface area contributed by atoms with Gasteiger partial charge in [0.05, 0.1) is 33.2 Å². The maximum absolute atomic E-state index is 12.2. The van der Waals surface area contributed by atoms with E-state index >= 15 is 0 Å². The van der Waals surface area contributed by atoms with Gasteiger partial charge in [0.2, 0.25) is 5.91 Å². The number of nitrogens with zero attached hydrogens (tertiary/aromatic N) is 1. The van der Waals surface area contributed by atoms with Gasteiger partial charge in [-0.15, -0.1) is 11.8 Å². The zero-order valence-electron chi connectivity index (χ0n) is 13.9. The monoisotopic (exact) mass is 347 g/mol. The van der Waals surface area contributed by atoms with E-state index in [1.54, 1.807) is 26.0 Å². The van der Waals surface area contributed by atoms with E-state index in [1.165, 1.54) is 0 Å². The molecule has 0 aromatic heterocycles. The highest BCUT2D eigenvalue weighted by Crippen LogP contribution is 2.34. The molecule has 1 fully saturated rings. The van der Waals surface area contributed by atoms with Crippen LogP contribution in [0, 0.1) is 0 Å². The molecule has 0 saturated carbocycles. The van der Waals surface area contributed by atoms with E-state index < -0.39 is 0 Å². The van der Waals surface area contributed by atoms with Crippen LogP contribution in [0.1, 0.15) is 0 Å². The summed E-state index contributed by atoms with van der Waals surface area (Å²) in [5, 5.41) is 2.15. The molecule has 2 aromatic carbocycles. The van der Waals surface area contributed by atoms with Crippen LogP contribution < -0.4 is 9.47 Å². The van der Waals surface area contributed by atoms with E-state index in [1.807, 2.05) is 29.2 Å². The Morgan fingerprint density at radius 1 is 1.08 bits per heavy atom. The first kappa shape index (κ1) is 16.9. The number of carbonyl (C=O) groups is 1. The molecule has 0 unspecified atom stereocenters. The molecule has 1 amide bonds. The topological polar surface area (TPSA) is 48.0 Å². The van der Waals surface area contributed by atoms with Gasteiger partial charge in [0, 0.05) is 18.0 Å². The molecule has 1 aliphatic heterocycles. The third-order valence-electron chi connectivity index (χ3n) is 4.04. The average molecular weight is 347 g/mol. The van der Waals surface area contributed by atoms with Crippen LogP contribution in [0.15, 0.2) is 35.2 Å². The SMILES string of the molecule is COc1cc2ccc(SCC(=O)N3CCOCC3)cc2cc1OC. The Labute approximate surface area is 145 Å². The summed E-state index contributed by atoms with van der Waals surface area (Å²) in [6.07, 6.45) is 0. The van der Waals surface area contributed by atoms with Crippen molar-refractivity contribution in [1.82, 2.24) is 4.90 Å². The molecule has 2 aromatic rings. The smallest absolute Gasteiger partial charge is 0.233 e. The molecule has 5 nitrogen and oxygen atoms in total. The Morgan fingerprint density at radius 2 is 1.75 bits per heavy atom. The quantitative estimate of drug-likeness (QED) is 0.779. The first-order valence-electron chi connectivity index (χ1n) is 7.85. The van der Waals surface area contributed by atoms with Crippen molar-refractivity contribution in [2.24, 2.45) is 0 Å². The number of rotatable bonds is 5. The van der Waals surface area contributed by atoms with Crippen LogP contribution in [0.4, 0.5) is 0 Å². The third-order valence-corrected chi connectivity index (χ3v) is 5.02. The van der Waals surface area contributed by atoms with Gasteiger partial charge in [0.1, 0.15) is 0 Å². The molecule has 0 radical (unpaired) electrons. The predicted molar refractivity (Wildman–Crippen MR) is 95.2 cm³/mol.